The number of nitrogens with zero attached hydrogens (tertiary/aromatic N) is 2. The average molecular weight is 118 g/mol. The molecule has 1 rings (SSSR count). The fourth-order valence-corrected chi connectivity index (χ4v) is 0.701. The summed E-state index contributed by atoms with van der Waals surface area (Å²) in [7, 11) is 0. The molecule has 0 radical (unpaired) electrons. The van der Waals surface area contributed by atoms with Gasteiger partial charge < -0.3 is 0 Å². The van der Waals surface area contributed by atoms with Crippen molar-refractivity contribution >= 4 is 17.0 Å². The zero-order valence-electron chi connectivity index (χ0n) is 3.88. The summed E-state index contributed by atoms with van der Waals surface area (Å²) in [5.41, 5.74) is 0. The highest BCUT2D eigenvalue weighted by Gasteiger charge is 2.03. The molecule has 1 heterocycles. The Morgan fingerprint density at radius 1 is 2.00 bits per heavy atom. The van der Waals surface area contributed by atoms with Crippen molar-refractivity contribution in [1.29, 1.82) is 0 Å². The van der Waals surface area contributed by atoms with E-state index in [1.807, 2.05) is 6.92 Å². The van der Waals surface area contributed by atoms with Gasteiger partial charge in [0.25, 0.3) is 0 Å². The minimum Gasteiger partial charge on any atom is -0.215 e. The maximum atomic E-state index is 5.14. The maximum Gasteiger partial charge on any atom is 0.110 e. The second-order valence-corrected chi connectivity index (χ2v) is 2.13. The Kier molecular flexibility index (Phi) is 1.18. The van der Waals surface area contributed by atoms with Crippen molar-refractivity contribution in [3.8, 4) is 0 Å². The third-order valence-corrected chi connectivity index (χ3v) is 1.19. The van der Waals surface area contributed by atoms with Crippen LogP contribution in [0.1, 0.15) is 6.92 Å². The number of hydrazine groups is 2. The van der Waals surface area contributed by atoms with E-state index in [4.69, 9.17) is 5.84 Å². The molecule has 7 heavy (non-hydrogen) atoms. The summed E-state index contributed by atoms with van der Waals surface area (Å²) in [6.45, 7) is 1.88. The zero-order chi connectivity index (χ0) is 5.28. The summed E-state index contributed by atoms with van der Waals surface area (Å²) in [5.74, 6) is 5.14. The van der Waals surface area contributed by atoms with Crippen molar-refractivity contribution in [3.05, 3.63) is 0 Å². The Hall–Kier alpha value is -0.260. The minimum atomic E-state index is 0.933. The molecule has 0 aromatic rings. The molecule has 0 fully saturated rings. The fraction of sp³-hybridized carbons (Fsp3) is 0.500. The Bertz CT molecular complexity index is 99.9. The number of hydrazone groups is 1. The standard InChI is InChI=1S/C2H6N4S/c1-2-4-6(3)5-7-2/h5H,3H2,1H3. The average Bonchev–Trinajstić information content (AvgIpc) is 1.87. The van der Waals surface area contributed by atoms with Gasteiger partial charge in [-0.25, -0.2) is 5.84 Å². The molecule has 0 bridgehead atoms. The SMILES string of the molecule is CC1=NN(N)NS1. The molecule has 0 unspecified atom stereocenters. The molecular formula is C2H6N4S. The Labute approximate surface area is 45.8 Å². The fourth-order valence-electron chi connectivity index (χ4n) is 0.305. The number of nitrogens with one attached hydrogen (secondary N) is 1. The lowest BCUT2D eigenvalue weighted by molar-refractivity contribution is 0.283. The van der Waals surface area contributed by atoms with Crippen molar-refractivity contribution in [2.24, 2.45) is 10.9 Å². The number of nitrogens with two attached hydrogens (primary N) is 1. The van der Waals surface area contributed by atoms with Gasteiger partial charge in [0.15, 0.2) is 0 Å². The molecule has 0 aromatic carbocycles. The van der Waals surface area contributed by atoms with Gasteiger partial charge in [-0.2, -0.15) is 0 Å². The van der Waals surface area contributed by atoms with Crippen LogP contribution in [0.2, 0.25) is 0 Å². The third-order valence-electron chi connectivity index (χ3n) is 0.535. The predicted molar refractivity (Wildman–Crippen MR) is 29.9 cm³/mol. The van der Waals surface area contributed by atoms with Gasteiger partial charge in [-0.05, 0) is 18.9 Å². The largest absolute Gasteiger partial charge is 0.215 e. The van der Waals surface area contributed by atoms with Gasteiger partial charge in [0.2, 0.25) is 0 Å². The molecule has 0 aromatic heterocycles. The first-order valence-electron chi connectivity index (χ1n) is 1.81. The van der Waals surface area contributed by atoms with Crippen molar-refractivity contribution in [1.82, 2.24) is 10.1 Å². The van der Waals surface area contributed by atoms with Gasteiger partial charge in [-0.3, -0.25) is 0 Å². The quantitative estimate of drug-likeness (QED) is 0.337. The summed E-state index contributed by atoms with van der Waals surface area (Å²) >= 11 is 1.41. The molecule has 0 saturated carbocycles. The Morgan fingerprint density at radius 3 is 2.86 bits per heavy atom. The summed E-state index contributed by atoms with van der Waals surface area (Å²) in [6, 6.07) is 0. The minimum absolute atomic E-state index is 0.933. The number of hydrogen-bond acceptors (Lipinski definition) is 5. The lowest BCUT2D eigenvalue weighted by Gasteiger charge is -1.99. The molecular weight excluding hydrogens is 112 g/mol. The summed E-state index contributed by atoms with van der Waals surface area (Å²) in [5, 5.41) is 5.88. The highest BCUT2D eigenvalue weighted by atomic mass is 32.2. The van der Waals surface area contributed by atoms with Crippen LogP contribution in [0.5, 0.6) is 0 Å². The van der Waals surface area contributed by atoms with Crippen LogP contribution in [0.25, 0.3) is 0 Å². The topological polar surface area (TPSA) is 53.6 Å². The van der Waals surface area contributed by atoms with Crippen molar-refractivity contribution in [2.75, 3.05) is 0 Å². The number of hydrogen-bond donors (Lipinski definition) is 2. The molecule has 40 valence electrons. The van der Waals surface area contributed by atoms with Gasteiger partial charge >= 0.3 is 0 Å². The Morgan fingerprint density at radius 2 is 2.71 bits per heavy atom. The van der Waals surface area contributed by atoms with Crippen LogP contribution in [0.4, 0.5) is 0 Å². The van der Waals surface area contributed by atoms with Crippen LogP contribution >= 0.6 is 11.9 Å². The van der Waals surface area contributed by atoms with E-state index in [0.717, 1.165) is 5.04 Å². The molecule has 1 aliphatic rings. The second-order valence-electron chi connectivity index (χ2n) is 1.16. The highest BCUT2D eigenvalue weighted by molar-refractivity contribution is 8.12. The van der Waals surface area contributed by atoms with E-state index < -0.39 is 0 Å². The second kappa shape index (κ2) is 1.69. The molecule has 0 amide bonds. The van der Waals surface area contributed by atoms with Gasteiger partial charge in [0.1, 0.15) is 5.04 Å². The van der Waals surface area contributed by atoms with E-state index in [2.05, 4.69) is 9.93 Å². The van der Waals surface area contributed by atoms with E-state index in [1.165, 1.54) is 17.2 Å². The maximum absolute atomic E-state index is 5.14. The normalized spacial score (nSPS) is 20.3. The molecule has 0 atom stereocenters. The van der Waals surface area contributed by atoms with E-state index in [-0.39, 0.29) is 0 Å². The van der Waals surface area contributed by atoms with Crippen LogP contribution in [0, 0.1) is 0 Å². The van der Waals surface area contributed by atoms with Gasteiger partial charge in [-0.1, -0.05) is 0 Å². The highest BCUT2D eigenvalue weighted by Crippen LogP contribution is 2.04. The van der Waals surface area contributed by atoms with Crippen LogP contribution in [0.15, 0.2) is 5.10 Å². The first kappa shape index (κ1) is 4.89. The van der Waals surface area contributed by atoms with Crippen molar-refractivity contribution in [3.63, 3.8) is 0 Å². The lowest BCUT2D eigenvalue weighted by Crippen LogP contribution is -2.30. The van der Waals surface area contributed by atoms with Crippen LogP contribution in [-0.4, -0.2) is 10.3 Å². The molecule has 4 nitrogen and oxygen atoms in total. The molecule has 0 spiro atoms. The monoisotopic (exact) mass is 118 g/mol. The lowest BCUT2D eigenvalue weighted by atomic mass is 10.9. The molecule has 0 saturated heterocycles. The molecule has 5 heteroatoms. The van der Waals surface area contributed by atoms with Gasteiger partial charge in [-0.15, -0.1) is 15.2 Å². The van der Waals surface area contributed by atoms with Crippen LogP contribution in [-0.2, 0) is 0 Å². The van der Waals surface area contributed by atoms with Crippen molar-refractivity contribution < 1.29 is 0 Å². The molecule has 1 aliphatic heterocycles. The summed E-state index contributed by atoms with van der Waals surface area (Å²) in [6.07, 6.45) is 0. The van der Waals surface area contributed by atoms with Gasteiger partial charge in [0, 0.05) is 0 Å². The zero-order valence-corrected chi connectivity index (χ0v) is 4.70. The predicted octanol–water partition coefficient (Wildman–Crippen LogP) is -0.338. The van der Waals surface area contributed by atoms with E-state index in [1.54, 1.807) is 0 Å². The van der Waals surface area contributed by atoms with E-state index in [0.29, 0.717) is 0 Å². The van der Waals surface area contributed by atoms with Crippen LogP contribution < -0.4 is 10.7 Å². The first-order valence-corrected chi connectivity index (χ1v) is 2.63. The van der Waals surface area contributed by atoms with Gasteiger partial charge in [0.05, 0.1) is 0 Å². The Balaban J connectivity index is 2.50. The van der Waals surface area contributed by atoms with Crippen LogP contribution in [0.3, 0.4) is 0 Å². The smallest absolute Gasteiger partial charge is 0.110 e. The van der Waals surface area contributed by atoms with E-state index >= 15 is 0 Å². The molecule has 0 aliphatic carbocycles. The summed E-state index contributed by atoms with van der Waals surface area (Å²) < 4.78 is 0. The van der Waals surface area contributed by atoms with Crippen molar-refractivity contribution in [2.45, 2.75) is 6.92 Å². The first-order chi connectivity index (χ1) is 3.29. The van der Waals surface area contributed by atoms with E-state index in [9.17, 15) is 0 Å². The number of rotatable bonds is 0. The molecule has 3 N–H and O–H groups in total. The summed E-state index contributed by atoms with van der Waals surface area (Å²) in [4.78, 5) is 2.69. The third kappa shape index (κ3) is 1.05.